The van der Waals surface area contributed by atoms with Crippen LogP contribution in [0.25, 0.3) is 5.76 Å². The summed E-state index contributed by atoms with van der Waals surface area (Å²) in [6.07, 6.45) is 0.729. The molecule has 0 radical (unpaired) electrons. The largest absolute Gasteiger partial charge is 0.507 e. The number of nitrogens with zero attached hydrogens (tertiary/aromatic N) is 2. The standard InChI is InChI=1S/C25H28N2O6/c1-26(2)10-11-27-22(16-5-8-19(31-3)20(14-16)32-4)21(24(29)25(27)30)23(28)17-6-7-18-15(13-17)9-12-33-18/h5-8,13-14,22,28H,9-12H2,1-4H3/b23-21+. The molecule has 8 nitrogen and oxygen atoms in total. The maximum absolute atomic E-state index is 13.2. The molecule has 0 aromatic heterocycles. The molecule has 2 aromatic carbocycles. The molecule has 2 aromatic rings. The number of hydrogen-bond acceptors (Lipinski definition) is 7. The Labute approximate surface area is 193 Å². The van der Waals surface area contributed by atoms with Crippen LogP contribution in [-0.2, 0) is 16.0 Å². The van der Waals surface area contributed by atoms with Gasteiger partial charge >= 0.3 is 0 Å². The van der Waals surface area contributed by atoms with Crippen LogP contribution in [0.3, 0.4) is 0 Å². The fourth-order valence-electron chi connectivity index (χ4n) is 4.28. The number of benzene rings is 2. The Morgan fingerprint density at radius 1 is 1.12 bits per heavy atom. The van der Waals surface area contributed by atoms with Gasteiger partial charge in [-0.15, -0.1) is 0 Å². The number of carbonyl (C=O) groups excluding carboxylic acids is 2. The van der Waals surface area contributed by atoms with E-state index in [-0.39, 0.29) is 11.3 Å². The van der Waals surface area contributed by atoms with Gasteiger partial charge in [-0.25, -0.2) is 0 Å². The van der Waals surface area contributed by atoms with Crippen molar-refractivity contribution < 1.29 is 28.9 Å². The number of carbonyl (C=O) groups is 2. The number of ketones is 1. The van der Waals surface area contributed by atoms with Gasteiger partial charge in [-0.3, -0.25) is 9.59 Å². The van der Waals surface area contributed by atoms with Crippen LogP contribution in [0.1, 0.15) is 22.7 Å². The number of fused-ring (bicyclic) bond motifs is 1. The van der Waals surface area contributed by atoms with Gasteiger partial charge in [0.25, 0.3) is 11.7 Å². The highest BCUT2D eigenvalue weighted by atomic mass is 16.5. The minimum Gasteiger partial charge on any atom is -0.507 e. The zero-order valence-corrected chi connectivity index (χ0v) is 19.3. The molecule has 1 saturated heterocycles. The monoisotopic (exact) mass is 452 g/mol. The highest BCUT2D eigenvalue weighted by Crippen LogP contribution is 2.42. The maximum atomic E-state index is 13.2. The van der Waals surface area contributed by atoms with E-state index in [2.05, 4.69) is 0 Å². The van der Waals surface area contributed by atoms with Gasteiger partial charge < -0.3 is 29.1 Å². The van der Waals surface area contributed by atoms with Gasteiger partial charge in [-0.1, -0.05) is 6.07 Å². The van der Waals surface area contributed by atoms with Crippen LogP contribution >= 0.6 is 0 Å². The van der Waals surface area contributed by atoms with E-state index < -0.39 is 17.7 Å². The topological polar surface area (TPSA) is 88.5 Å². The summed E-state index contributed by atoms with van der Waals surface area (Å²) >= 11 is 0. The molecule has 1 atom stereocenters. The highest BCUT2D eigenvalue weighted by molar-refractivity contribution is 6.46. The molecule has 2 aliphatic heterocycles. The van der Waals surface area contributed by atoms with Crippen molar-refractivity contribution in [2.45, 2.75) is 12.5 Å². The van der Waals surface area contributed by atoms with Crippen molar-refractivity contribution in [3.63, 3.8) is 0 Å². The molecule has 174 valence electrons. The summed E-state index contributed by atoms with van der Waals surface area (Å²) in [5.41, 5.74) is 2.15. The second-order valence-electron chi connectivity index (χ2n) is 8.33. The molecule has 1 unspecified atom stereocenters. The SMILES string of the molecule is COc1ccc(C2/C(=C(\O)c3ccc4c(c3)CCO4)C(=O)C(=O)N2CCN(C)C)cc1OC. The van der Waals surface area contributed by atoms with Gasteiger partial charge in [0.05, 0.1) is 32.4 Å². The normalized spacial score (nSPS) is 19.1. The number of methoxy groups -OCH3 is 2. The second-order valence-corrected chi connectivity index (χ2v) is 8.33. The number of hydrogen-bond donors (Lipinski definition) is 1. The van der Waals surface area contributed by atoms with Gasteiger partial charge in [0, 0.05) is 25.1 Å². The lowest BCUT2D eigenvalue weighted by Gasteiger charge is -2.27. The number of Topliss-reactive ketones (excluding diaryl/α,β-unsaturated/α-hetero) is 1. The third-order valence-electron chi connectivity index (χ3n) is 6.01. The van der Waals surface area contributed by atoms with Crippen molar-refractivity contribution in [1.82, 2.24) is 9.80 Å². The van der Waals surface area contributed by atoms with Crippen LogP contribution < -0.4 is 14.2 Å². The lowest BCUT2D eigenvalue weighted by atomic mass is 9.94. The number of likely N-dealkylation sites (N-methyl/N-ethyl adjacent to an activating group) is 1. The molecule has 0 spiro atoms. The van der Waals surface area contributed by atoms with Crippen LogP contribution in [0.2, 0.25) is 0 Å². The van der Waals surface area contributed by atoms with E-state index in [0.717, 1.165) is 17.7 Å². The molecule has 1 fully saturated rings. The predicted octanol–water partition coefficient (Wildman–Crippen LogP) is 2.62. The first kappa shape index (κ1) is 22.7. The van der Waals surface area contributed by atoms with Crippen LogP contribution in [0.5, 0.6) is 17.2 Å². The van der Waals surface area contributed by atoms with E-state index in [4.69, 9.17) is 14.2 Å². The first-order chi connectivity index (χ1) is 15.8. The molecular formula is C25H28N2O6. The number of amides is 1. The van der Waals surface area contributed by atoms with Gasteiger partial charge in [0.1, 0.15) is 11.5 Å². The average Bonchev–Trinajstić information content (AvgIpc) is 3.38. The van der Waals surface area contributed by atoms with Crippen LogP contribution in [0, 0.1) is 0 Å². The minimum absolute atomic E-state index is 0.0600. The summed E-state index contributed by atoms with van der Waals surface area (Å²) in [7, 11) is 6.86. The second kappa shape index (κ2) is 9.15. The van der Waals surface area contributed by atoms with Crippen molar-refractivity contribution in [2.24, 2.45) is 0 Å². The van der Waals surface area contributed by atoms with E-state index in [1.807, 2.05) is 25.1 Å². The Hall–Kier alpha value is -3.52. The van der Waals surface area contributed by atoms with E-state index >= 15 is 0 Å². The zero-order chi connectivity index (χ0) is 23.7. The van der Waals surface area contributed by atoms with Crippen molar-refractivity contribution in [2.75, 3.05) is 48.0 Å². The van der Waals surface area contributed by atoms with E-state index in [0.29, 0.717) is 42.3 Å². The summed E-state index contributed by atoms with van der Waals surface area (Å²) in [5, 5.41) is 11.3. The molecule has 1 amide bonds. The lowest BCUT2D eigenvalue weighted by Crippen LogP contribution is -2.35. The summed E-state index contributed by atoms with van der Waals surface area (Å²) in [6.45, 7) is 1.47. The van der Waals surface area contributed by atoms with Crippen LogP contribution in [0.4, 0.5) is 0 Å². The molecule has 2 heterocycles. The van der Waals surface area contributed by atoms with Crippen molar-refractivity contribution in [3.05, 3.63) is 58.7 Å². The molecule has 8 heteroatoms. The summed E-state index contributed by atoms with van der Waals surface area (Å²) < 4.78 is 16.3. The molecule has 0 aliphatic carbocycles. The first-order valence-electron chi connectivity index (χ1n) is 10.8. The first-order valence-corrected chi connectivity index (χ1v) is 10.8. The molecule has 4 rings (SSSR count). The smallest absolute Gasteiger partial charge is 0.295 e. The van der Waals surface area contributed by atoms with Gasteiger partial charge in [-0.2, -0.15) is 0 Å². The Bertz CT molecular complexity index is 1120. The van der Waals surface area contributed by atoms with Crippen molar-refractivity contribution in [1.29, 1.82) is 0 Å². The predicted molar refractivity (Wildman–Crippen MR) is 123 cm³/mol. The fraction of sp³-hybridized carbons (Fsp3) is 0.360. The molecule has 33 heavy (non-hydrogen) atoms. The molecule has 1 N–H and O–H groups in total. The highest BCUT2D eigenvalue weighted by Gasteiger charge is 2.46. The number of aliphatic hydroxyl groups excluding tert-OH is 1. The van der Waals surface area contributed by atoms with E-state index in [1.165, 1.54) is 19.1 Å². The Morgan fingerprint density at radius 3 is 2.58 bits per heavy atom. The number of aliphatic hydroxyl groups is 1. The third kappa shape index (κ3) is 4.14. The number of likely N-dealkylation sites (tertiary alicyclic amines) is 1. The molecule has 2 aliphatic rings. The molecule has 0 bridgehead atoms. The minimum atomic E-state index is -0.755. The van der Waals surface area contributed by atoms with E-state index in [9.17, 15) is 14.7 Å². The van der Waals surface area contributed by atoms with Gasteiger partial charge in [-0.05, 0) is 55.6 Å². The van der Waals surface area contributed by atoms with Crippen LogP contribution in [0.15, 0.2) is 42.0 Å². The maximum Gasteiger partial charge on any atom is 0.295 e. The van der Waals surface area contributed by atoms with Gasteiger partial charge in [0.15, 0.2) is 11.5 Å². The summed E-state index contributed by atoms with van der Waals surface area (Å²) in [4.78, 5) is 29.7. The third-order valence-corrected chi connectivity index (χ3v) is 6.01. The zero-order valence-electron chi connectivity index (χ0n) is 19.3. The van der Waals surface area contributed by atoms with Crippen molar-refractivity contribution >= 4 is 17.4 Å². The lowest BCUT2D eigenvalue weighted by molar-refractivity contribution is -0.140. The van der Waals surface area contributed by atoms with Gasteiger partial charge in [0.2, 0.25) is 0 Å². The van der Waals surface area contributed by atoms with Crippen molar-refractivity contribution in [3.8, 4) is 17.2 Å². The number of ether oxygens (including phenoxy) is 3. The quantitative estimate of drug-likeness (QED) is 0.392. The fourth-order valence-corrected chi connectivity index (χ4v) is 4.28. The molecule has 0 saturated carbocycles. The van der Waals surface area contributed by atoms with Crippen LogP contribution in [-0.4, -0.2) is 74.6 Å². The van der Waals surface area contributed by atoms with E-state index in [1.54, 1.807) is 30.3 Å². The Balaban J connectivity index is 1.85. The molecular weight excluding hydrogens is 424 g/mol. The average molecular weight is 453 g/mol. The Kier molecular flexibility index (Phi) is 6.29. The Morgan fingerprint density at radius 2 is 1.88 bits per heavy atom. The number of rotatable bonds is 7. The summed E-state index contributed by atoms with van der Waals surface area (Å²) in [5.74, 6) is 0.239. The summed E-state index contributed by atoms with van der Waals surface area (Å²) in [6, 6.07) is 9.80.